The van der Waals surface area contributed by atoms with Crippen molar-refractivity contribution in [2.24, 2.45) is 5.41 Å². The van der Waals surface area contributed by atoms with E-state index in [-0.39, 0.29) is 17.4 Å². The first-order valence-corrected chi connectivity index (χ1v) is 6.52. The van der Waals surface area contributed by atoms with Crippen molar-refractivity contribution in [1.82, 2.24) is 10.2 Å². The number of likely N-dealkylation sites (N-methyl/N-ethyl adjacent to an activating group) is 1. The van der Waals surface area contributed by atoms with E-state index in [1.807, 2.05) is 18.0 Å². The Balaban J connectivity index is 2.14. The van der Waals surface area contributed by atoms with Crippen LogP contribution in [0.3, 0.4) is 0 Å². The fraction of sp³-hybridized carbons (Fsp3) is 0.643. The molecule has 0 bridgehead atoms. The highest BCUT2D eigenvalue weighted by molar-refractivity contribution is 5.83. The van der Waals surface area contributed by atoms with E-state index in [0.717, 1.165) is 24.9 Å². The van der Waals surface area contributed by atoms with E-state index >= 15 is 0 Å². The Bertz CT molecular complexity index is 398. The van der Waals surface area contributed by atoms with E-state index in [0.29, 0.717) is 6.54 Å². The fourth-order valence-corrected chi connectivity index (χ4v) is 2.77. The summed E-state index contributed by atoms with van der Waals surface area (Å²) in [6.45, 7) is 5.79. The smallest absolute Gasteiger partial charge is 0.240 e. The van der Waals surface area contributed by atoms with E-state index in [1.54, 1.807) is 12.5 Å². The van der Waals surface area contributed by atoms with Crippen LogP contribution in [0.25, 0.3) is 0 Å². The lowest BCUT2D eigenvalue weighted by Gasteiger charge is -2.32. The molecule has 100 valence electrons. The van der Waals surface area contributed by atoms with Crippen LogP contribution in [0.4, 0.5) is 0 Å². The number of hydrogen-bond acceptors (Lipinski definition) is 3. The van der Waals surface area contributed by atoms with Crippen LogP contribution in [0.2, 0.25) is 0 Å². The van der Waals surface area contributed by atoms with Gasteiger partial charge in [0.2, 0.25) is 5.91 Å². The molecule has 1 aromatic rings. The SMILES string of the molecule is CNC1C(=O)N(Cc2ccoc2)CCCC1(C)C. The molecule has 18 heavy (non-hydrogen) atoms. The first kappa shape index (κ1) is 13.1. The molecule has 0 aromatic carbocycles. The van der Waals surface area contributed by atoms with Crippen molar-refractivity contribution >= 4 is 5.91 Å². The second-order valence-corrected chi connectivity index (χ2v) is 5.71. The van der Waals surface area contributed by atoms with Crippen molar-refractivity contribution in [1.29, 1.82) is 0 Å². The number of rotatable bonds is 3. The summed E-state index contributed by atoms with van der Waals surface area (Å²) >= 11 is 0. The molecule has 1 aliphatic heterocycles. The van der Waals surface area contributed by atoms with Gasteiger partial charge in [0, 0.05) is 18.7 Å². The molecular formula is C14H22N2O2. The molecule has 0 spiro atoms. The highest BCUT2D eigenvalue weighted by Crippen LogP contribution is 2.31. The molecule has 0 saturated carbocycles. The molecular weight excluding hydrogens is 228 g/mol. The molecule has 2 heterocycles. The van der Waals surface area contributed by atoms with Gasteiger partial charge in [0.05, 0.1) is 18.6 Å². The zero-order chi connectivity index (χ0) is 13.2. The summed E-state index contributed by atoms with van der Waals surface area (Å²) in [6.07, 6.45) is 5.47. The van der Waals surface area contributed by atoms with E-state index in [4.69, 9.17) is 4.42 Å². The second-order valence-electron chi connectivity index (χ2n) is 5.71. The fourth-order valence-electron chi connectivity index (χ4n) is 2.77. The molecule has 2 rings (SSSR count). The molecule has 4 nitrogen and oxygen atoms in total. The summed E-state index contributed by atoms with van der Waals surface area (Å²) in [6, 6.07) is 1.81. The van der Waals surface area contributed by atoms with Crippen molar-refractivity contribution in [3.8, 4) is 0 Å². The van der Waals surface area contributed by atoms with Crippen molar-refractivity contribution in [2.75, 3.05) is 13.6 Å². The van der Waals surface area contributed by atoms with E-state index in [1.165, 1.54) is 0 Å². The molecule has 1 N–H and O–H groups in total. The molecule has 0 radical (unpaired) electrons. The number of carbonyl (C=O) groups is 1. The maximum Gasteiger partial charge on any atom is 0.240 e. The lowest BCUT2D eigenvalue weighted by atomic mass is 9.80. The minimum absolute atomic E-state index is 0.0109. The Hall–Kier alpha value is -1.29. The van der Waals surface area contributed by atoms with E-state index < -0.39 is 0 Å². The van der Waals surface area contributed by atoms with Gasteiger partial charge in [-0.3, -0.25) is 4.79 Å². The van der Waals surface area contributed by atoms with Gasteiger partial charge >= 0.3 is 0 Å². The maximum absolute atomic E-state index is 12.6. The normalized spacial score (nSPS) is 24.1. The van der Waals surface area contributed by atoms with Gasteiger partial charge in [0.15, 0.2) is 0 Å². The summed E-state index contributed by atoms with van der Waals surface area (Å²) in [5.41, 5.74) is 1.06. The first-order valence-electron chi connectivity index (χ1n) is 6.52. The molecule has 1 atom stereocenters. The monoisotopic (exact) mass is 250 g/mol. The summed E-state index contributed by atoms with van der Waals surface area (Å²) in [7, 11) is 1.87. The summed E-state index contributed by atoms with van der Waals surface area (Å²) in [5.74, 6) is 0.196. The van der Waals surface area contributed by atoms with Crippen LogP contribution in [0.1, 0.15) is 32.3 Å². The molecule has 0 aliphatic carbocycles. The Morgan fingerprint density at radius 2 is 2.33 bits per heavy atom. The highest BCUT2D eigenvalue weighted by Gasteiger charge is 2.38. The molecule has 1 unspecified atom stereocenters. The summed E-state index contributed by atoms with van der Waals surface area (Å²) < 4.78 is 5.06. The zero-order valence-corrected chi connectivity index (χ0v) is 11.4. The predicted octanol–water partition coefficient (Wildman–Crippen LogP) is 2.02. The number of furan rings is 1. The van der Waals surface area contributed by atoms with Gasteiger partial charge in [-0.2, -0.15) is 0 Å². The Morgan fingerprint density at radius 1 is 1.56 bits per heavy atom. The van der Waals surface area contributed by atoms with Gasteiger partial charge in [-0.15, -0.1) is 0 Å². The number of nitrogens with zero attached hydrogens (tertiary/aromatic N) is 1. The number of likely N-dealkylation sites (tertiary alicyclic amines) is 1. The van der Waals surface area contributed by atoms with Crippen LogP contribution in [0, 0.1) is 5.41 Å². The number of carbonyl (C=O) groups excluding carboxylic acids is 1. The lowest BCUT2D eigenvalue weighted by Crippen LogP contribution is -2.50. The standard InChI is InChI=1S/C14H22N2O2/c1-14(2)6-4-7-16(13(17)12(14)15-3)9-11-5-8-18-10-11/h5,8,10,12,15H,4,6-7,9H2,1-3H3. The van der Waals surface area contributed by atoms with Gasteiger partial charge in [-0.25, -0.2) is 0 Å². The number of amides is 1. The van der Waals surface area contributed by atoms with Gasteiger partial charge < -0.3 is 14.6 Å². The molecule has 1 aromatic heterocycles. The zero-order valence-electron chi connectivity index (χ0n) is 11.4. The summed E-state index contributed by atoms with van der Waals surface area (Å²) in [5, 5.41) is 3.18. The van der Waals surface area contributed by atoms with Crippen molar-refractivity contribution in [3.05, 3.63) is 24.2 Å². The van der Waals surface area contributed by atoms with E-state index in [9.17, 15) is 4.79 Å². The van der Waals surface area contributed by atoms with Gasteiger partial charge in [-0.1, -0.05) is 13.8 Å². The minimum Gasteiger partial charge on any atom is -0.472 e. The third kappa shape index (κ3) is 2.58. The average molecular weight is 250 g/mol. The third-order valence-electron chi connectivity index (χ3n) is 3.83. The lowest BCUT2D eigenvalue weighted by molar-refractivity contribution is -0.135. The molecule has 1 saturated heterocycles. The quantitative estimate of drug-likeness (QED) is 0.892. The minimum atomic E-state index is -0.105. The van der Waals surface area contributed by atoms with Crippen LogP contribution >= 0.6 is 0 Å². The third-order valence-corrected chi connectivity index (χ3v) is 3.83. The Morgan fingerprint density at radius 3 is 2.94 bits per heavy atom. The van der Waals surface area contributed by atoms with Gasteiger partial charge in [-0.05, 0) is 31.4 Å². The second kappa shape index (κ2) is 5.14. The topological polar surface area (TPSA) is 45.5 Å². The van der Waals surface area contributed by atoms with Gasteiger partial charge in [0.1, 0.15) is 0 Å². The highest BCUT2D eigenvalue weighted by atomic mass is 16.3. The molecule has 1 aliphatic rings. The average Bonchev–Trinajstić information content (AvgIpc) is 2.77. The van der Waals surface area contributed by atoms with Crippen LogP contribution in [0.15, 0.2) is 23.0 Å². The van der Waals surface area contributed by atoms with Crippen molar-refractivity contribution in [2.45, 2.75) is 39.3 Å². The van der Waals surface area contributed by atoms with Crippen LogP contribution < -0.4 is 5.32 Å². The molecule has 4 heteroatoms. The molecule has 1 amide bonds. The Labute approximate surface area is 108 Å². The first-order chi connectivity index (χ1) is 8.54. The maximum atomic E-state index is 12.6. The summed E-state index contributed by atoms with van der Waals surface area (Å²) in [4.78, 5) is 14.5. The van der Waals surface area contributed by atoms with Crippen LogP contribution in [0.5, 0.6) is 0 Å². The van der Waals surface area contributed by atoms with Gasteiger partial charge in [0.25, 0.3) is 0 Å². The largest absolute Gasteiger partial charge is 0.472 e. The van der Waals surface area contributed by atoms with Crippen LogP contribution in [-0.2, 0) is 11.3 Å². The molecule has 1 fully saturated rings. The Kier molecular flexibility index (Phi) is 3.76. The van der Waals surface area contributed by atoms with Crippen molar-refractivity contribution < 1.29 is 9.21 Å². The number of nitrogens with one attached hydrogen (secondary N) is 1. The van der Waals surface area contributed by atoms with E-state index in [2.05, 4.69) is 19.2 Å². The number of hydrogen-bond donors (Lipinski definition) is 1. The predicted molar refractivity (Wildman–Crippen MR) is 70.0 cm³/mol. The van der Waals surface area contributed by atoms with Crippen LogP contribution in [-0.4, -0.2) is 30.4 Å². The van der Waals surface area contributed by atoms with Crippen molar-refractivity contribution in [3.63, 3.8) is 0 Å².